The molecule has 0 aliphatic carbocycles. The zero-order chi connectivity index (χ0) is 16.2. The van der Waals surface area contributed by atoms with Gasteiger partial charge in [0.2, 0.25) is 5.91 Å². The first kappa shape index (κ1) is 19.0. The van der Waals surface area contributed by atoms with Gasteiger partial charge in [0.15, 0.2) is 0 Å². The molecule has 1 aromatic carbocycles. The Labute approximate surface area is 148 Å². The van der Waals surface area contributed by atoms with Crippen LogP contribution >= 0.6 is 12.4 Å². The third-order valence-electron chi connectivity index (χ3n) is 4.28. The van der Waals surface area contributed by atoms with Crippen LogP contribution in [0.2, 0.25) is 0 Å². The Morgan fingerprint density at radius 2 is 2.33 bits per heavy atom. The lowest BCUT2D eigenvalue weighted by Gasteiger charge is -2.17. The molecule has 134 valence electrons. The molecule has 24 heavy (non-hydrogen) atoms. The average molecular weight is 357 g/mol. The minimum absolute atomic E-state index is 0. The Balaban J connectivity index is 0.00000208. The number of halogens is 1. The van der Waals surface area contributed by atoms with Crippen LogP contribution in [0.5, 0.6) is 5.75 Å². The first-order valence-electron chi connectivity index (χ1n) is 8.15. The first-order valence-corrected chi connectivity index (χ1v) is 8.15. The van der Waals surface area contributed by atoms with E-state index in [-0.39, 0.29) is 30.5 Å². The van der Waals surface area contributed by atoms with E-state index in [1.165, 1.54) is 0 Å². The fourth-order valence-corrected chi connectivity index (χ4v) is 2.93. The van der Waals surface area contributed by atoms with Gasteiger partial charge in [-0.3, -0.25) is 4.79 Å². The van der Waals surface area contributed by atoms with Crippen LogP contribution in [0.25, 0.3) is 0 Å². The summed E-state index contributed by atoms with van der Waals surface area (Å²) in [6, 6.07) is 5.68. The van der Waals surface area contributed by atoms with Crippen LogP contribution < -0.4 is 15.4 Å². The Bertz CT molecular complexity index is 564. The van der Waals surface area contributed by atoms with Crippen molar-refractivity contribution in [1.82, 2.24) is 10.6 Å². The summed E-state index contributed by atoms with van der Waals surface area (Å²) in [6.45, 7) is 4.25. The zero-order valence-electron chi connectivity index (χ0n) is 13.8. The van der Waals surface area contributed by atoms with Crippen molar-refractivity contribution in [3.8, 4) is 5.75 Å². The maximum Gasteiger partial charge on any atom is 0.237 e. The van der Waals surface area contributed by atoms with Gasteiger partial charge >= 0.3 is 0 Å². The average Bonchev–Trinajstić information content (AvgIpc) is 3.18. The van der Waals surface area contributed by atoms with Gasteiger partial charge in [-0.05, 0) is 25.0 Å². The van der Waals surface area contributed by atoms with Crippen molar-refractivity contribution in [2.45, 2.75) is 44.6 Å². The second-order valence-corrected chi connectivity index (χ2v) is 6.28. The van der Waals surface area contributed by atoms with Gasteiger partial charge in [-0.2, -0.15) is 0 Å². The SMILES string of the molecule is Cc1ccc(CNC(=O)C2CC(O)CN2)c(OC2CCOC2)c1.Cl. The van der Waals surface area contributed by atoms with E-state index in [2.05, 4.69) is 10.6 Å². The van der Waals surface area contributed by atoms with Crippen LogP contribution in [0, 0.1) is 6.92 Å². The summed E-state index contributed by atoms with van der Waals surface area (Å²) in [4.78, 5) is 12.1. The number of benzene rings is 1. The summed E-state index contributed by atoms with van der Waals surface area (Å²) in [7, 11) is 0. The quantitative estimate of drug-likeness (QED) is 0.731. The van der Waals surface area contributed by atoms with E-state index in [0.29, 0.717) is 26.1 Å². The summed E-state index contributed by atoms with van der Waals surface area (Å²) < 4.78 is 11.4. The van der Waals surface area contributed by atoms with Crippen molar-refractivity contribution in [3.63, 3.8) is 0 Å². The van der Waals surface area contributed by atoms with Gasteiger partial charge in [0.1, 0.15) is 11.9 Å². The van der Waals surface area contributed by atoms with Crippen molar-refractivity contribution in [3.05, 3.63) is 29.3 Å². The van der Waals surface area contributed by atoms with Gasteiger partial charge in [0, 0.05) is 25.1 Å². The molecule has 7 heteroatoms. The van der Waals surface area contributed by atoms with Crippen LogP contribution in [0.1, 0.15) is 24.0 Å². The van der Waals surface area contributed by atoms with Gasteiger partial charge in [0.05, 0.1) is 25.4 Å². The van der Waals surface area contributed by atoms with Gasteiger partial charge in [0.25, 0.3) is 0 Å². The van der Waals surface area contributed by atoms with Crippen LogP contribution in [-0.2, 0) is 16.1 Å². The molecule has 0 spiro atoms. The number of carbonyl (C=O) groups is 1. The molecular weight excluding hydrogens is 332 g/mol. The Hall–Kier alpha value is -1.34. The van der Waals surface area contributed by atoms with Crippen LogP contribution in [0.4, 0.5) is 0 Å². The van der Waals surface area contributed by atoms with Gasteiger partial charge < -0.3 is 25.2 Å². The minimum atomic E-state index is -0.439. The molecule has 3 rings (SSSR count). The normalized spacial score (nSPS) is 26.0. The molecule has 2 fully saturated rings. The van der Waals surface area contributed by atoms with Crippen molar-refractivity contribution < 1.29 is 19.4 Å². The van der Waals surface area contributed by atoms with Crippen LogP contribution in [0.3, 0.4) is 0 Å². The highest BCUT2D eigenvalue weighted by molar-refractivity contribution is 5.85. The molecule has 3 atom stereocenters. The predicted molar refractivity (Wildman–Crippen MR) is 92.5 cm³/mol. The summed E-state index contributed by atoms with van der Waals surface area (Å²) in [5.41, 5.74) is 2.07. The molecule has 1 amide bonds. The highest BCUT2D eigenvalue weighted by Gasteiger charge is 2.28. The zero-order valence-corrected chi connectivity index (χ0v) is 14.6. The molecule has 0 bridgehead atoms. The van der Waals surface area contributed by atoms with Crippen LogP contribution in [-0.4, -0.2) is 49.0 Å². The standard InChI is InChI=1S/C17H24N2O4.ClH/c1-11-2-3-12(16(6-11)23-14-4-5-22-10-14)8-19-17(21)15-7-13(20)9-18-15;/h2-3,6,13-15,18,20H,4-5,7-10H2,1H3,(H,19,21);1H. The number of carbonyl (C=O) groups excluding carboxylic acids is 1. The van der Waals surface area contributed by atoms with E-state index in [4.69, 9.17) is 9.47 Å². The molecule has 3 N–H and O–H groups in total. The maximum atomic E-state index is 12.1. The number of hydrogen-bond acceptors (Lipinski definition) is 5. The number of β-amino-alcohol motifs (C(OH)–C–C–N with tert-alkyl or cyclic N) is 1. The van der Waals surface area contributed by atoms with E-state index >= 15 is 0 Å². The number of hydrogen-bond donors (Lipinski definition) is 3. The molecule has 0 radical (unpaired) electrons. The number of rotatable bonds is 5. The summed E-state index contributed by atoms with van der Waals surface area (Å²) >= 11 is 0. The number of aliphatic hydroxyl groups excluding tert-OH is 1. The molecule has 0 aromatic heterocycles. The number of nitrogens with one attached hydrogen (secondary N) is 2. The van der Waals surface area contributed by atoms with E-state index in [0.717, 1.165) is 29.9 Å². The van der Waals surface area contributed by atoms with Crippen LogP contribution in [0.15, 0.2) is 18.2 Å². The molecular formula is C17H25ClN2O4. The molecule has 1 aromatic rings. The van der Waals surface area contributed by atoms with Gasteiger partial charge in [-0.25, -0.2) is 0 Å². The second-order valence-electron chi connectivity index (χ2n) is 6.28. The fourth-order valence-electron chi connectivity index (χ4n) is 2.93. The highest BCUT2D eigenvalue weighted by atomic mass is 35.5. The van der Waals surface area contributed by atoms with E-state index in [1.807, 2.05) is 25.1 Å². The summed E-state index contributed by atoms with van der Waals surface area (Å²) in [6.07, 6.45) is 0.996. The predicted octanol–water partition coefficient (Wildman–Crippen LogP) is 0.924. The summed E-state index contributed by atoms with van der Waals surface area (Å²) in [5.74, 6) is 0.720. The molecule has 2 aliphatic heterocycles. The smallest absolute Gasteiger partial charge is 0.237 e. The number of aliphatic hydroxyl groups is 1. The molecule has 2 saturated heterocycles. The molecule has 6 nitrogen and oxygen atoms in total. The van der Waals surface area contributed by atoms with Gasteiger partial charge in [-0.15, -0.1) is 12.4 Å². The fraction of sp³-hybridized carbons (Fsp3) is 0.588. The Morgan fingerprint density at radius 3 is 3.00 bits per heavy atom. The van der Waals surface area contributed by atoms with Crippen molar-refractivity contribution >= 4 is 18.3 Å². The lowest BCUT2D eigenvalue weighted by atomic mass is 10.1. The third kappa shape index (κ3) is 4.83. The Kier molecular flexibility index (Phi) is 6.86. The second kappa shape index (κ2) is 8.67. The largest absolute Gasteiger partial charge is 0.488 e. The van der Waals surface area contributed by atoms with Gasteiger partial charge in [-0.1, -0.05) is 12.1 Å². The van der Waals surface area contributed by atoms with Crippen molar-refractivity contribution in [2.24, 2.45) is 0 Å². The first-order chi connectivity index (χ1) is 11.1. The number of ether oxygens (including phenoxy) is 2. The molecule has 3 unspecified atom stereocenters. The lowest BCUT2D eigenvalue weighted by molar-refractivity contribution is -0.123. The lowest BCUT2D eigenvalue weighted by Crippen LogP contribution is -2.40. The van der Waals surface area contributed by atoms with E-state index in [1.54, 1.807) is 0 Å². The third-order valence-corrected chi connectivity index (χ3v) is 4.28. The highest BCUT2D eigenvalue weighted by Crippen LogP contribution is 2.24. The van der Waals surface area contributed by atoms with Crippen molar-refractivity contribution in [2.75, 3.05) is 19.8 Å². The molecule has 2 aliphatic rings. The maximum absolute atomic E-state index is 12.1. The summed E-state index contributed by atoms with van der Waals surface area (Å²) in [5, 5.41) is 15.4. The number of aryl methyl sites for hydroxylation is 1. The monoisotopic (exact) mass is 356 g/mol. The minimum Gasteiger partial charge on any atom is -0.488 e. The van der Waals surface area contributed by atoms with Crippen molar-refractivity contribution in [1.29, 1.82) is 0 Å². The van der Waals surface area contributed by atoms with E-state index < -0.39 is 6.10 Å². The van der Waals surface area contributed by atoms with E-state index in [9.17, 15) is 9.90 Å². The molecule has 2 heterocycles. The number of amides is 1. The topological polar surface area (TPSA) is 79.8 Å². The Morgan fingerprint density at radius 1 is 1.50 bits per heavy atom. The molecule has 0 saturated carbocycles.